The zero-order valence-electron chi connectivity index (χ0n) is 19.9. The molecule has 3 aromatic rings. The van der Waals surface area contributed by atoms with Crippen molar-refractivity contribution in [1.82, 2.24) is 8.87 Å². The Kier molecular flexibility index (Phi) is 8.61. The number of nitrogens with zero attached hydrogens (tertiary/aromatic N) is 3. The summed E-state index contributed by atoms with van der Waals surface area (Å²) in [7, 11) is 2.69. The van der Waals surface area contributed by atoms with Crippen molar-refractivity contribution < 1.29 is 27.4 Å². The third kappa shape index (κ3) is 5.39. The van der Waals surface area contributed by atoms with Crippen molar-refractivity contribution in [1.29, 1.82) is 0 Å². The molecule has 1 heterocycles. The molecule has 0 spiro atoms. The van der Waals surface area contributed by atoms with E-state index >= 15 is 0 Å². The molecule has 3 rings (SSSR count). The van der Waals surface area contributed by atoms with Crippen LogP contribution in [0, 0.1) is 6.92 Å². The number of aromatic nitrogens is 1. The summed E-state index contributed by atoms with van der Waals surface area (Å²) in [5.74, 6) is 0.243. The van der Waals surface area contributed by atoms with Gasteiger partial charge in [0.05, 0.1) is 29.9 Å². The molecule has 1 amide bonds. The minimum atomic E-state index is -3.77. The lowest BCUT2D eigenvalue weighted by molar-refractivity contribution is 0.0998. The first-order chi connectivity index (χ1) is 16.2. The van der Waals surface area contributed by atoms with Crippen LogP contribution in [0.5, 0.6) is 5.75 Å². The van der Waals surface area contributed by atoms with Crippen LogP contribution in [0.25, 0.3) is 10.2 Å². The van der Waals surface area contributed by atoms with Crippen molar-refractivity contribution in [3.8, 4) is 5.75 Å². The van der Waals surface area contributed by atoms with Crippen LogP contribution in [0.1, 0.15) is 15.9 Å². The number of aryl methyl sites for hydroxylation is 2. The number of thiazole rings is 1. The number of hydrogen-bond acceptors (Lipinski definition) is 7. The molecule has 0 saturated carbocycles. The maximum Gasteiger partial charge on any atom is 0.279 e. The van der Waals surface area contributed by atoms with Crippen LogP contribution in [0.4, 0.5) is 0 Å². The molecule has 0 aliphatic heterocycles. The highest BCUT2D eigenvalue weighted by Gasteiger charge is 2.24. The second-order valence-corrected chi connectivity index (χ2v) is 10.5. The molecule has 11 heteroatoms. The molecule has 0 saturated heterocycles. The quantitative estimate of drug-likeness (QED) is 0.418. The summed E-state index contributed by atoms with van der Waals surface area (Å²) < 4.78 is 45.7. The Labute approximate surface area is 203 Å². The van der Waals surface area contributed by atoms with Crippen molar-refractivity contribution in [3.63, 3.8) is 0 Å². The molecular formula is C23H29N3O6S2. The van der Waals surface area contributed by atoms with E-state index in [1.54, 1.807) is 7.11 Å². The number of hydrogen-bond donors (Lipinski definition) is 0. The van der Waals surface area contributed by atoms with Gasteiger partial charge in [-0.05, 0) is 42.8 Å². The fraction of sp³-hybridized carbons (Fsp3) is 0.391. The number of fused-ring (bicyclic) bond motifs is 1. The van der Waals surface area contributed by atoms with Gasteiger partial charge in [0.15, 0.2) is 4.80 Å². The molecule has 0 aliphatic rings. The Morgan fingerprint density at radius 3 is 2.21 bits per heavy atom. The zero-order valence-corrected chi connectivity index (χ0v) is 21.5. The van der Waals surface area contributed by atoms with Crippen LogP contribution in [0.2, 0.25) is 0 Å². The van der Waals surface area contributed by atoms with Crippen LogP contribution in [-0.4, -0.2) is 70.8 Å². The highest BCUT2D eigenvalue weighted by molar-refractivity contribution is 7.89. The van der Waals surface area contributed by atoms with Gasteiger partial charge in [0.1, 0.15) is 11.3 Å². The first kappa shape index (κ1) is 26.0. The van der Waals surface area contributed by atoms with Crippen molar-refractivity contribution in [2.45, 2.75) is 11.8 Å². The predicted molar refractivity (Wildman–Crippen MR) is 131 cm³/mol. The summed E-state index contributed by atoms with van der Waals surface area (Å²) in [5.41, 5.74) is 2.22. The van der Waals surface area contributed by atoms with Crippen LogP contribution in [0.3, 0.4) is 0 Å². The van der Waals surface area contributed by atoms with Crippen molar-refractivity contribution >= 4 is 37.5 Å². The molecule has 184 valence electrons. The summed E-state index contributed by atoms with van der Waals surface area (Å²) in [4.78, 5) is 17.8. The van der Waals surface area contributed by atoms with Gasteiger partial charge < -0.3 is 18.8 Å². The Hall–Kier alpha value is -2.57. The number of benzene rings is 2. The van der Waals surface area contributed by atoms with Crippen LogP contribution >= 0.6 is 11.3 Å². The summed E-state index contributed by atoms with van der Waals surface area (Å²) in [6.07, 6.45) is 0. The fourth-order valence-electron chi connectivity index (χ4n) is 3.43. The molecule has 2 aromatic carbocycles. The van der Waals surface area contributed by atoms with Crippen LogP contribution in [-0.2, 0) is 26.5 Å². The van der Waals surface area contributed by atoms with E-state index in [1.165, 1.54) is 54.1 Å². The van der Waals surface area contributed by atoms with E-state index < -0.39 is 15.9 Å². The van der Waals surface area contributed by atoms with Crippen LogP contribution < -0.4 is 9.54 Å². The Bertz CT molecular complexity index is 1320. The predicted octanol–water partition coefficient (Wildman–Crippen LogP) is 2.58. The van der Waals surface area contributed by atoms with E-state index in [0.717, 1.165) is 15.8 Å². The topological polar surface area (TPSA) is 99.4 Å². The van der Waals surface area contributed by atoms with Gasteiger partial charge in [-0.1, -0.05) is 17.4 Å². The number of carbonyl (C=O) groups excluding carboxylic acids is 1. The second kappa shape index (κ2) is 11.2. The van der Waals surface area contributed by atoms with Gasteiger partial charge in [-0.15, -0.1) is 0 Å². The number of carbonyl (C=O) groups is 1. The number of sulfonamides is 1. The minimum Gasteiger partial charge on any atom is -0.495 e. The zero-order chi connectivity index (χ0) is 24.9. The first-order valence-corrected chi connectivity index (χ1v) is 12.8. The van der Waals surface area contributed by atoms with Gasteiger partial charge in [-0.3, -0.25) is 4.79 Å². The summed E-state index contributed by atoms with van der Waals surface area (Å²) in [6, 6.07) is 9.64. The molecule has 0 radical (unpaired) electrons. The van der Waals surface area contributed by atoms with Crippen LogP contribution in [0.15, 0.2) is 46.3 Å². The molecule has 0 aliphatic carbocycles. The van der Waals surface area contributed by atoms with Gasteiger partial charge in [-0.2, -0.15) is 9.30 Å². The van der Waals surface area contributed by atoms with E-state index in [2.05, 4.69) is 4.99 Å². The van der Waals surface area contributed by atoms with Crippen molar-refractivity contribution in [3.05, 3.63) is 52.3 Å². The molecule has 0 N–H and O–H groups in total. The highest BCUT2D eigenvalue weighted by atomic mass is 32.2. The van der Waals surface area contributed by atoms with Crippen molar-refractivity contribution in [2.24, 2.45) is 12.0 Å². The smallest absolute Gasteiger partial charge is 0.279 e. The number of methoxy groups -OCH3 is 3. The molecule has 0 bridgehead atoms. The number of ether oxygens (including phenoxy) is 3. The Morgan fingerprint density at radius 2 is 1.65 bits per heavy atom. The Morgan fingerprint density at radius 1 is 1.03 bits per heavy atom. The summed E-state index contributed by atoms with van der Waals surface area (Å²) in [5, 5.41) is 0. The maximum absolute atomic E-state index is 13.0. The lowest BCUT2D eigenvalue weighted by atomic mass is 10.2. The minimum absolute atomic E-state index is 0.0871. The highest BCUT2D eigenvalue weighted by Crippen LogP contribution is 2.29. The fourth-order valence-corrected chi connectivity index (χ4v) is 5.94. The second-order valence-electron chi connectivity index (χ2n) is 7.54. The molecule has 0 unspecified atom stereocenters. The van der Waals surface area contributed by atoms with Gasteiger partial charge in [0.25, 0.3) is 5.91 Å². The summed E-state index contributed by atoms with van der Waals surface area (Å²) in [6.45, 7) is 2.91. The average molecular weight is 508 g/mol. The standard InChI is InChI=1S/C23H29N3O6S2/c1-16-6-11-19(32-5)20-21(16)33-23(25(20)2)24-22(27)17-7-9-18(10-8-17)34(28,29)26(12-14-30-3)13-15-31-4/h6-11H,12-15H2,1-5H3. The molecule has 34 heavy (non-hydrogen) atoms. The average Bonchev–Trinajstić information content (AvgIpc) is 3.16. The van der Waals surface area contributed by atoms with E-state index in [9.17, 15) is 13.2 Å². The van der Waals surface area contributed by atoms with Gasteiger partial charge in [0, 0.05) is 39.9 Å². The van der Waals surface area contributed by atoms with E-state index in [1.807, 2.05) is 30.7 Å². The molecule has 9 nitrogen and oxygen atoms in total. The molecular weight excluding hydrogens is 478 g/mol. The number of amides is 1. The molecule has 0 fully saturated rings. The third-order valence-corrected chi connectivity index (χ3v) is 8.53. The SMILES string of the molecule is COCCN(CCOC)S(=O)(=O)c1ccc(C(=O)N=c2sc3c(C)ccc(OC)c3n2C)cc1. The lowest BCUT2D eigenvalue weighted by Gasteiger charge is -2.21. The van der Waals surface area contributed by atoms with Gasteiger partial charge >= 0.3 is 0 Å². The maximum atomic E-state index is 13.0. The first-order valence-electron chi connectivity index (χ1n) is 10.5. The number of rotatable bonds is 10. The van der Waals surface area contributed by atoms with E-state index in [0.29, 0.717) is 16.1 Å². The van der Waals surface area contributed by atoms with Crippen molar-refractivity contribution in [2.75, 3.05) is 47.6 Å². The van der Waals surface area contributed by atoms with E-state index in [4.69, 9.17) is 14.2 Å². The summed E-state index contributed by atoms with van der Waals surface area (Å²) >= 11 is 1.40. The van der Waals surface area contributed by atoms with E-state index in [-0.39, 0.29) is 31.2 Å². The molecule has 0 atom stereocenters. The lowest BCUT2D eigenvalue weighted by Crippen LogP contribution is -2.36. The van der Waals surface area contributed by atoms with Gasteiger partial charge in [-0.25, -0.2) is 8.42 Å². The Balaban J connectivity index is 1.91. The normalized spacial score (nSPS) is 12.6. The largest absolute Gasteiger partial charge is 0.495 e. The molecule has 1 aromatic heterocycles. The van der Waals surface area contributed by atoms with Gasteiger partial charge in [0.2, 0.25) is 10.0 Å². The third-order valence-electron chi connectivity index (χ3n) is 5.35. The monoisotopic (exact) mass is 507 g/mol.